The lowest BCUT2D eigenvalue weighted by Crippen LogP contribution is -2.56. The highest BCUT2D eigenvalue weighted by Gasteiger charge is 2.58. The third kappa shape index (κ3) is 1.66. The Balaban J connectivity index is 2.21. The van der Waals surface area contributed by atoms with E-state index in [2.05, 4.69) is 12.0 Å². The van der Waals surface area contributed by atoms with Gasteiger partial charge in [-0.1, -0.05) is 20.8 Å². The molecular weight excluding hydrogens is 268 g/mol. The van der Waals surface area contributed by atoms with Crippen molar-refractivity contribution in [1.29, 1.82) is 0 Å². The quantitative estimate of drug-likeness (QED) is 0.627. The molecular formula is C16H22N2O3. The van der Waals surface area contributed by atoms with Gasteiger partial charge in [0.05, 0.1) is 5.92 Å². The first kappa shape index (κ1) is 14.3. The Labute approximate surface area is 123 Å². The van der Waals surface area contributed by atoms with E-state index in [0.717, 1.165) is 24.0 Å². The number of aldehydes is 1. The topological polar surface area (TPSA) is 71.9 Å². The van der Waals surface area contributed by atoms with Crippen molar-refractivity contribution >= 4 is 12.1 Å². The second-order valence-electron chi connectivity index (χ2n) is 7.37. The molecule has 1 saturated carbocycles. The molecule has 21 heavy (non-hydrogen) atoms. The Hall–Kier alpha value is -1.65. The van der Waals surface area contributed by atoms with Gasteiger partial charge in [-0.3, -0.25) is 19.4 Å². The number of carbonyl (C=O) groups excluding carboxylic acids is 2. The molecule has 1 aromatic heterocycles. The first-order valence-corrected chi connectivity index (χ1v) is 7.51. The second-order valence-corrected chi connectivity index (χ2v) is 7.37. The van der Waals surface area contributed by atoms with Gasteiger partial charge >= 0.3 is 0 Å². The number of aromatic nitrogens is 2. The molecule has 5 heteroatoms. The lowest BCUT2D eigenvalue weighted by Gasteiger charge is -2.53. The standard InChI is InChI=1S/C16H22N2O3/c1-15(2)11-6-5-10-12(17-18(4)14(10)21)16(11,3)7-9(8-19)13(15)20/h8-9,11,17H,5-7H2,1-4H3/t9?,11-,16-/m0/s1. The highest BCUT2D eigenvalue weighted by Crippen LogP contribution is 2.55. The van der Waals surface area contributed by atoms with Crippen LogP contribution >= 0.6 is 0 Å². The fraction of sp³-hybridized carbons (Fsp3) is 0.688. The lowest BCUT2D eigenvalue weighted by molar-refractivity contribution is -0.145. The number of hydrogen-bond donors (Lipinski definition) is 1. The molecule has 0 spiro atoms. The molecule has 0 bridgehead atoms. The van der Waals surface area contributed by atoms with E-state index in [1.165, 1.54) is 4.68 Å². The molecule has 0 radical (unpaired) electrons. The number of fused-ring (bicyclic) bond motifs is 3. The fourth-order valence-electron chi connectivity index (χ4n) is 4.79. The minimum Gasteiger partial charge on any atom is -0.303 e. The minimum absolute atomic E-state index is 0.0158. The summed E-state index contributed by atoms with van der Waals surface area (Å²) in [5.74, 6) is -0.378. The molecule has 2 aliphatic carbocycles. The van der Waals surface area contributed by atoms with Gasteiger partial charge < -0.3 is 4.79 Å². The summed E-state index contributed by atoms with van der Waals surface area (Å²) in [5, 5.41) is 3.18. The van der Waals surface area contributed by atoms with Crippen LogP contribution in [0.4, 0.5) is 0 Å². The van der Waals surface area contributed by atoms with E-state index >= 15 is 0 Å². The van der Waals surface area contributed by atoms with Crippen molar-refractivity contribution in [2.24, 2.45) is 24.3 Å². The zero-order valence-electron chi connectivity index (χ0n) is 13.0. The molecule has 0 aliphatic heterocycles. The van der Waals surface area contributed by atoms with Crippen LogP contribution in [0.25, 0.3) is 0 Å². The number of carbonyl (C=O) groups is 2. The Bertz CT molecular complexity index is 682. The van der Waals surface area contributed by atoms with Gasteiger partial charge in [0.2, 0.25) is 0 Å². The Kier molecular flexibility index (Phi) is 2.85. The van der Waals surface area contributed by atoms with Crippen molar-refractivity contribution in [2.75, 3.05) is 0 Å². The maximum Gasteiger partial charge on any atom is 0.269 e. The summed E-state index contributed by atoms with van der Waals surface area (Å²) < 4.78 is 1.51. The molecule has 0 aromatic carbocycles. The maximum atomic E-state index is 12.6. The van der Waals surface area contributed by atoms with Gasteiger partial charge in [-0.2, -0.15) is 0 Å². The molecule has 3 atom stereocenters. The van der Waals surface area contributed by atoms with Gasteiger partial charge in [0.25, 0.3) is 5.56 Å². The summed E-state index contributed by atoms with van der Waals surface area (Å²) in [6.07, 6.45) is 2.80. The zero-order valence-corrected chi connectivity index (χ0v) is 13.0. The highest BCUT2D eigenvalue weighted by atomic mass is 16.1. The Morgan fingerprint density at radius 2 is 1.95 bits per heavy atom. The molecule has 1 heterocycles. The van der Waals surface area contributed by atoms with E-state index in [4.69, 9.17) is 0 Å². The zero-order chi connectivity index (χ0) is 15.6. The average molecular weight is 290 g/mol. The van der Waals surface area contributed by atoms with Gasteiger partial charge in [-0.15, -0.1) is 0 Å². The Morgan fingerprint density at radius 1 is 1.29 bits per heavy atom. The fourth-order valence-corrected chi connectivity index (χ4v) is 4.79. The van der Waals surface area contributed by atoms with Crippen LogP contribution in [-0.2, 0) is 28.5 Å². The van der Waals surface area contributed by atoms with E-state index < -0.39 is 11.3 Å². The smallest absolute Gasteiger partial charge is 0.269 e. The predicted octanol–water partition coefficient (Wildman–Crippen LogP) is 1.35. The molecule has 3 rings (SSSR count). The van der Waals surface area contributed by atoms with Gasteiger partial charge in [-0.25, -0.2) is 0 Å². The lowest BCUT2D eigenvalue weighted by atomic mass is 9.49. The third-order valence-corrected chi connectivity index (χ3v) is 5.82. The normalized spacial score (nSPS) is 34.2. The Morgan fingerprint density at radius 3 is 2.57 bits per heavy atom. The molecule has 114 valence electrons. The van der Waals surface area contributed by atoms with Crippen LogP contribution < -0.4 is 5.56 Å². The van der Waals surface area contributed by atoms with Gasteiger partial charge in [0, 0.05) is 29.1 Å². The van der Waals surface area contributed by atoms with Gasteiger partial charge in [0.15, 0.2) is 0 Å². The number of rotatable bonds is 1. The number of ketones is 1. The van der Waals surface area contributed by atoms with E-state index in [1.807, 2.05) is 13.8 Å². The van der Waals surface area contributed by atoms with Crippen molar-refractivity contribution in [1.82, 2.24) is 9.78 Å². The number of nitrogens with zero attached hydrogens (tertiary/aromatic N) is 1. The van der Waals surface area contributed by atoms with Crippen LogP contribution in [0, 0.1) is 17.3 Å². The van der Waals surface area contributed by atoms with E-state index in [1.54, 1.807) is 7.05 Å². The van der Waals surface area contributed by atoms with Crippen LogP contribution in [0.3, 0.4) is 0 Å². The van der Waals surface area contributed by atoms with Gasteiger partial charge in [-0.05, 0) is 25.2 Å². The van der Waals surface area contributed by atoms with E-state index in [9.17, 15) is 14.4 Å². The predicted molar refractivity (Wildman–Crippen MR) is 78.2 cm³/mol. The summed E-state index contributed by atoms with van der Waals surface area (Å²) >= 11 is 0. The first-order chi connectivity index (χ1) is 9.73. The third-order valence-electron chi connectivity index (χ3n) is 5.82. The van der Waals surface area contributed by atoms with E-state index in [-0.39, 0.29) is 22.7 Å². The van der Waals surface area contributed by atoms with Crippen LogP contribution in [0.15, 0.2) is 4.79 Å². The molecule has 1 unspecified atom stereocenters. The second kappa shape index (κ2) is 4.18. The van der Waals surface area contributed by atoms with Crippen molar-refractivity contribution in [2.45, 2.75) is 45.4 Å². The molecule has 2 aliphatic rings. The van der Waals surface area contributed by atoms with E-state index in [0.29, 0.717) is 12.8 Å². The van der Waals surface area contributed by atoms with Crippen molar-refractivity contribution in [3.8, 4) is 0 Å². The van der Waals surface area contributed by atoms with Crippen molar-refractivity contribution in [3.63, 3.8) is 0 Å². The van der Waals surface area contributed by atoms with Crippen LogP contribution in [0.5, 0.6) is 0 Å². The summed E-state index contributed by atoms with van der Waals surface area (Å²) in [4.78, 5) is 36.1. The largest absolute Gasteiger partial charge is 0.303 e. The number of H-pyrrole nitrogens is 1. The monoisotopic (exact) mass is 290 g/mol. The molecule has 0 saturated heterocycles. The number of aromatic amines is 1. The maximum absolute atomic E-state index is 12.6. The van der Waals surface area contributed by atoms with Crippen LogP contribution in [0.2, 0.25) is 0 Å². The number of hydrogen-bond acceptors (Lipinski definition) is 3. The highest BCUT2D eigenvalue weighted by molar-refractivity contribution is 5.98. The average Bonchev–Trinajstić information content (AvgIpc) is 2.72. The van der Waals surface area contributed by atoms with Crippen LogP contribution in [-0.4, -0.2) is 21.8 Å². The number of nitrogens with one attached hydrogen (secondary N) is 1. The molecule has 1 aromatic rings. The first-order valence-electron chi connectivity index (χ1n) is 7.51. The van der Waals surface area contributed by atoms with Crippen LogP contribution in [0.1, 0.15) is 44.9 Å². The van der Waals surface area contributed by atoms with Gasteiger partial charge in [0.1, 0.15) is 12.1 Å². The van der Waals surface area contributed by atoms with Crippen molar-refractivity contribution in [3.05, 3.63) is 21.6 Å². The van der Waals surface area contributed by atoms with Crippen molar-refractivity contribution < 1.29 is 9.59 Å². The summed E-state index contributed by atoms with van der Waals surface area (Å²) in [7, 11) is 1.72. The summed E-state index contributed by atoms with van der Waals surface area (Å²) in [6, 6.07) is 0. The number of aryl methyl sites for hydroxylation is 1. The molecule has 5 nitrogen and oxygen atoms in total. The SMILES string of the molecule is Cn1[nH]c2c(c1=O)CC[C@H]1C(C)(C)C(=O)C(C=O)C[C@]21C. The molecule has 1 N–H and O–H groups in total. The number of Topliss-reactive ketones (excluding diaryl/α,β-unsaturated/α-hetero) is 1. The summed E-state index contributed by atoms with van der Waals surface area (Å²) in [6.45, 7) is 5.98. The minimum atomic E-state index is -0.573. The molecule has 0 amide bonds. The molecule has 1 fully saturated rings. The summed E-state index contributed by atoms with van der Waals surface area (Å²) in [5.41, 5.74) is 0.909.